The van der Waals surface area contributed by atoms with E-state index in [1.165, 1.54) is 31.2 Å². The van der Waals surface area contributed by atoms with Crippen LogP contribution < -0.4 is 10.0 Å². The minimum absolute atomic E-state index is 0.161. The van der Waals surface area contributed by atoms with Gasteiger partial charge in [0.15, 0.2) is 5.78 Å². The van der Waals surface area contributed by atoms with Crippen LogP contribution in [0.5, 0.6) is 0 Å². The van der Waals surface area contributed by atoms with Crippen molar-refractivity contribution in [1.82, 2.24) is 0 Å². The van der Waals surface area contributed by atoms with Crippen molar-refractivity contribution in [3.05, 3.63) is 59.4 Å². The van der Waals surface area contributed by atoms with Crippen LogP contribution in [0.2, 0.25) is 0 Å². The number of halogens is 1. The van der Waals surface area contributed by atoms with Crippen molar-refractivity contribution in [2.75, 3.05) is 11.9 Å². The second-order valence-electron chi connectivity index (χ2n) is 5.23. The summed E-state index contributed by atoms with van der Waals surface area (Å²) in [4.78, 5) is 12.9. The van der Waals surface area contributed by atoms with Crippen LogP contribution in [0.15, 0.2) is 47.4 Å². The van der Waals surface area contributed by atoms with Crippen LogP contribution in [0, 0.1) is 5.82 Å². The number of Topliss-reactive ketones (excluding diaryl/α,β-unsaturated/α-hetero) is 1. The Balaban J connectivity index is 2.46. The van der Waals surface area contributed by atoms with E-state index in [4.69, 9.17) is 5.14 Å². The van der Waals surface area contributed by atoms with Crippen molar-refractivity contribution < 1.29 is 17.6 Å². The smallest absolute Gasteiger partial charge is 0.240 e. The van der Waals surface area contributed by atoms with E-state index >= 15 is 0 Å². The number of hydrogen-bond acceptors (Lipinski definition) is 4. The van der Waals surface area contributed by atoms with Crippen molar-refractivity contribution in [3.8, 4) is 0 Å². The third kappa shape index (κ3) is 3.94. The summed E-state index contributed by atoms with van der Waals surface area (Å²) in [5.41, 5.74) is 0.976. The van der Waals surface area contributed by atoms with Crippen LogP contribution in [-0.2, 0) is 16.6 Å². The first-order chi connectivity index (χ1) is 10.7. The molecule has 0 aromatic heterocycles. The van der Waals surface area contributed by atoms with Gasteiger partial charge in [-0.15, -0.1) is 0 Å². The molecule has 0 saturated carbocycles. The molecule has 0 atom stereocenters. The second-order valence-corrected chi connectivity index (χ2v) is 6.76. The fourth-order valence-corrected chi connectivity index (χ4v) is 3.05. The lowest BCUT2D eigenvalue weighted by molar-refractivity contribution is 0.101. The van der Waals surface area contributed by atoms with Crippen molar-refractivity contribution in [2.24, 2.45) is 5.14 Å². The minimum atomic E-state index is -4.02. The molecule has 0 aliphatic carbocycles. The molecule has 2 aromatic carbocycles. The Labute approximate surface area is 134 Å². The molecule has 0 bridgehead atoms. The molecule has 2 rings (SSSR count). The van der Waals surface area contributed by atoms with E-state index in [0.29, 0.717) is 11.3 Å². The van der Waals surface area contributed by atoms with Gasteiger partial charge >= 0.3 is 0 Å². The molecule has 2 N–H and O–H groups in total. The van der Waals surface area contributed by atoms with Crippen molar-refractivity contribution in [3.63, 3.8) is 0 Å². The van der Waals surface area contributed by atoms with Gasteiger partial charge < -0.3 is 4.90 Å². The summed E-state index contributed by atoms with van der Waals surface area (Å²) in [5, 5.41) is 5.25. The zero-order valence-corrected chi connectivity index (χ0v) is 13.6. The molecule has 122 valence electrons. The van der Waals surface area contributed by atoms with Gasteiger partial charge in [0.2, 0.25) is 10.0 Å². The summed E-state index contributed by atoms with van der Waals surface area (Å²) in [6.45, 7) is 1.50. The predicted molar refractivity (Wildman–Crippen MR) is 86.3 cm³/mol. The lowest BCUT2D eigenvalue weighted by Gasteiger charge is -2.22. The molecule has 0 heterocycles. The predicted octanol–water partition coefficient (Wildman–Crippen LogP) is 2.31. The molecule has 23 heavy (non-hydrogen) atoms. The van der Waals surface area contributed by atoms with Gasteiger partial charge in [0.05, 0.1) is 5.69 Å². The number of primary sulfonamides is 1. The van der Waals surface area contributed by atoms with E-state index in [0.717, 1.165) is 0 Å². The number of benzene rings is 2. The number of ketones is 1. The molecule has 0 aliphatic heterocycles. The second kappa shape index (κ2) is 6.47. The molecule has 0 radical (unpaired) electrons. The Kier molecular flexibility index (Phi) is 4.82. The first-order valence-corrected chi connectivity index (χ1v) is 8.37. The largest absolute Gasteiger partial charge is 0.369 e. The third-order valence-electron chi connectivity index (χ3n) is 3.45. The summed E-state index contributed by atoms with van der Waals surface area (Å²) in [6.07, 6.45) is 0. The highest BCUT2D eigenvalue weighted by Gasteiger charge is 2.19. The maximum atomic E-state index is 13.8. The topological polar surface area (TPSA) is 80.5 Å². The number of carbonyl (C=O) groups excluding carboxylic acids is 1. The standard InChI is InChI=1S/C16H17FN2O3S/c1-11(20)12-7-8-15(16(9-12)23(18,21)22)19(2)10-13-5-3-4-6-14(13)17/h3-9H,10H2,1-2H3,(H2,18,21,22). The minimum Gasteiger partial charge on any atom is -0.369 e. The fourth-order valence-electron chi connectivity index (χ4n) is 2.24. The third-order valence-corrected chi connectivity index (χ3v) is 4.39. The highest BCUT2D eigenvalue weighted by Crippen LogP contribution is 2.26. The Hall–Kier alpha value is -2.25. The Bertz CT molecular complexity index is 850. The molecule has 0 fully saturated rings. The van der Waals surface area contributed by atoms with Crippen LogP contribution in [0.1, 0.15) is 22.8 Å². The van der Waals surface area contributed by atoms with E-state index in [2.05, 4.69) is 0 Å². The summed E-state index contributed by atoms with van der Waals surface area (Å²) in [7, 11) is -2.40. The number of carbonyl (C=O) groups is 1. The van der Waals surface area contributed by atoms with Crippen molar-refractivity contribution in [1.29, 1.82) is 0 Å². The summed E-state index contributed by atoms with van der Waals surface area (Å²) >= 11 is 0. The number of sulfonamides is 1. The van der Waals surface area contributed by atoms with Gasteiger partial charge in [0.25, 0.3) is 0 Å². The normalized spacial score (nSPS) is 11.3. The lowest BCUT2D eigenvalue weighted by Crippen LogP contribution is -2.22. The van der Waals surface area contributed by atoms with Gasteiger partial charge in [-0.2, -0.15) is 0 Å². The average Bonchev–Trinajstić information content (AvgIpc) is 2.48. The quantitative estimate of drug-likeness (QED) is 0.850. The summed E-state index contributed by atoms with van der Waals surface area (Å²) in [5.74, 6) is -0.643. The Morgan fingerprint density at radius 3 is 2.43 bits per heavy atom. The van der Waals surface area contributed by atoms with E-state index < -0.39 is 10.0 Å². The number of nitrogens with zero attached hydrogens (tertiary/aromatic N) is 1. The molecule has 2 aromatic rings. The van der Waals surface area contributed by atoms with E-state index in [1.807, 2.05) is 0 Å². The number of hydrogen-bond donors (Lipinski definition) is 1. The van der Waals surface area contributed by atoms with Gasteiger partial charge in [-0.25, -0.2) is 17.9 Å². The van der Waals surface area contributed by atoms with E-state index in [9.17, 15) is 17.6 Å². The average molecular weight is 336 g/mol. The van der Waals surface area contributed by atoms with Gasteiger partial charge in [0.1, 0.15) is 10.7 Å². The monoisotopic (exact) mass is 336 g/mol. The van der Waals surface area contributed by atoms with Gasteiger partial charge in [-0.3, -0.25) is 4.79 Å². The maximum Gasteiger partial charge on any atom is 0.240 e. The highest BCUT2D eigenvalue weighted by atomic mass is 32.2. The SMILES string of the molecule is CC(=O)c1ccc(N(C)Cc2ccccc2F)c(S(N)(=O)=O)c1. The molecule has 0 aliphatic rings. The van der Waals surface area contributed by atoms with Gasteiger partial charge in [-0.05, 0) is 31.2 Å². The molecule has 0 amide bonds. The van der Waals surface area contributed by atoms with Crippen LogP contribution in [0.25, 0.3) is 0 Å². The first kappa shape index (κ1) is 17.1. The molecule has 7 heteroatoms. The molecule has 0 saturated heterocycles. The van der Waals surface area contributed by atoms with Crippen LogP contribution in [0.4, 0.5) is 10.1 Å². The zero-order valence-electron chi connectivity index (χ0n) is 12.8. The first-order valence-electron chi connectivity index (χ1n) is 6.82. The van der Waals surface area contributed by atoms with Gasteiger partial charge in [-0.1, -0.05) is 18.2 Å². The molecule has 0 unspecified atom stereocenters. The Morgan fingerprint density at radius 2 is 1.87 bits per heavy atom. The van der Waals surface area contributed by atoms with Gasteiger partial charge in [0, 0.05) is 24.7 Å². The van der Waals surface area contributed by atoms with E-state index in [-0.39, 0.29) is 28.6 Å². The van der Waals surface area contributed by atoms with Crippen LogP contribution in [0.3, 0.4) is 0 Å². The molecular formula is C16H17FN2O3S. The fraction of sp³-hybridized carbons (Fsp3) is 0.188. The van der Waals surface area contributed by atoms with Crippen LogP contribution in [-0.4, -0.2) is 21.2 Å². The Morgan fingerprint density at radius 1 is 1.22 bits per heavy atom. The lowest BCUT2D eigenvalue weighted by atomic mass is 10.1. The number of nitrogens with two attached hydrogens (primary N) is 1. The number of anilines is 1. The summed E-state index contributed by atoms with van der Waals surface area (Å²) in [6, 6.07) is 10.5. The highest BCUT2D eigenvalue weighted by molar-refractivity contribution is 7.89. The maximum absolute atomic E-state index is 13.8. The molecule has 5 nitrogen and oxygen atoms in total. The van der Waals surface area contributed by atoms with Crippen LogP contribution >= 0.6 is 0 Å². The van der Waals surface area contributed by atoms with E-state index in [1.54, 1.807) is 30.1 Å². The van der Waals surface area contributed by atoms with Crippen molar-refractivity contribution >= 4 is 21.5 Å². The zero-order chi connectivity index (χ0) is 17.2. The van der Waals surface area contributed by atoms with Crippen molar-refractivity contribution in [2.45, 2.75) is 18.4 Å². The molecule has 0 spiro atoms. The summed E-state index contributed by atoms with van der Waals surface area (Å²) < 4.78 is 37.4. The number of rotatable bonds is 5. The molecular weight excluding hydrogens is 319 g/mol.